The molecule has 1 aliphatic rings. The third kappa shape index (κ3) is 4.04. The number of rotatable bonds is 5. The Kier molecular flexibility index (Phi) is 5.50. The third-order valence-electron chi connectivity index (χ3n) is 7.49. The van der Waals surface area contributed by atoms with E-state index in [0.29, 0.717) is 11.3 Å². The number of aromatic nitrogens is 5. The zero-order valence-electron chi connectivity index (χ0n) is 20.7. The Hall–Kier alpha value is -4.72. The summed E-state index contributed by atoms with van der Waals surface area (Å²) >= 11 is 0. The smallest absolute Gasteiger partial charge is 0.227 e. The number of aromatic amines is 2. The Balaban J connectivity index is 1.23. The first-order chi connectivity index (χ1) is 18.7. The molecule has 0 aliphatic heterocycles. The molecule has 3 N–H and O–H groups in total. The number of amides is 1. The monoisotopic (exact) mass is 502 g/mol. The van der Waals surface area contributed by atoms with Crippen LogP contribution in [0.1, 0.15) is 32.1 Å². The molecule has 8 nitrogen and oxygen atoms in total. The van der Waals surface area contributed by atoms with Crippen LogP contribution in [-0.4, -0.2) is 31.1 Å². The van der Waals surface area contributed by atoms with Crippen LogP contribution in [0.25, 0.3) is 55.6 Å². The first-order valence-corrected chi connectivity index (χ1v) is 13.0. The van der Waals surface area contributed by atoms with Crippen LogP contribution < -0.4 is 5.32 Å². The standard InChI is InChI=1S/C30H26N6O2/c37-30(18-5-2-1-3-6-18)33-22-11-20(14-31-16-22)21-12-25-28(35-36-29(25)32-15-21)27-13-24-23(19-9-10-38-17-19)7-4-8-26(24)34-27/h4,7-18,34H,1-3,5-6H2,(H,33,37)(H,32,35,36). The van der Waals surface area contributed by atoms with Gasteiger partial charge in [-0.15, -0.1) is 0 Å². The van der Waals surface area contributed by atoms with E-state index in [1.165, 1.54) is 6.42 Å². The highest BCUT2D eigenvalue weighted by Crippen LogP contribution is 2.35. The molecule has 7 rings (SSSR count). The molecule has 38 heavy (non-hydrogen) atoms. The SMILES string of the molecule is O=C(Nc1cncc(-c2cnc3n[nH]c(-c4cc5c(-c6ccoc6)cccc5[nH]4)c3c2)c1)C1CCCCC1. The number of anilines is 1. The second-order valence-corrected chi connectivity index (χ2v) is 9.94. The number of hydrogen-bond donors (Lipinski definition) is 3. The normalized spacial score (nSPS) is 14.3. The minimum atomic E-state index is 0.0861. The van der Waals surface area contributed by atoms with Crippen molar-refractivity contribution in [3.63, 3.8) is 0 Å². The van der Waals surface area contributed by atoms with Gasteiger partial charge in [-0.1, -0.05) is 31.4 Å². The van der Waals surface area contributed by atoms with Crippen LogP contribution in [-0.2, 0) is 4.79 Å². The van der Waals surface area contributed by atoms with Crippen molar-refractivity contribution in [2.45, 2.75) is 32.1 Å². The lowest BCUT2D eigenvalue weighted by molar-refractivity contribution is -0.120. The summed E-state index contributed by atoms with van der Waals surface area (Å²) in [6.45, 7) is 0. The van der Waals surface area contributed by atoms with Gasteiger partial charge in [0.15, 0.2) is 5.65 Å². The quantitative estimate of drug-likeness (QED) is 0.236. The van der Waals surface area contributed by atoms with Crippen LogP contribution in [0, 0.1) is 5.92 Å². The van der Waals surface area contributed by atoms with E-state index in [1.54, 1.807) is 31.1 Å². The van der Waals surface area contributed by atoms with Gasteiger partial charge in [-0.2, -0.15) is 5.10 Å². The van der Waals surface area contributed by atoms with Gasteiger partial charge in [0, 0.05) is 51.3 Å². The summed E-state index contributed by atoms with van der Waals surface area (Å²) in [5.41, 5.74) is 8.05. The van der Waals surface area contributed by atoms with Gasteiger partial charge >= 0.3 is 0 Å². The Morgan fingerprint density at radius 2 is 1.84 bits per heavy atom. The summed E-state index contributed by atoms with van der Waals surface area (Å²) in [5, 5.41) is 12.7. The number of carbonyl (C=O) groups is 1. The van der Waals surface area contributed by atoms with Crippen LogP contribution >= 0.6 is 0 Å². The topological polar surface area (TPSA) is 112 Å². The highest BCUT2D eigenvalue weighted by atomic mass is 16.3. The average molecular weight is 503 g/mol. The zero-order valence-corrected chi connectivity index (χ0v) is 20.7. The molecule has 6 aromatic rings. The molecule has 0 radical (unpaired) electrons. The summed E-state index contributed by atoms with van der Waals surface area (Å²) in [6, 6.07) is 14.3. The van der Waals surface area contributed by atoms with E-state index in [-0.39, 0.29) is 11.8 Å². The minimum Gasteiger partial charge on any atom is -0.472 e. The van der Waals surface area contributed by atoms with Gasteiger partial charge in [-0.05, 0) is 48.7 Å². The predicted octanol–water partition coefficient (Wildman–Crippen LogP) is 6.95. The first-order valence-electron chi connectivity index (χ1n) is 13.0. The molecule has 0 atom stereocenters. The number of fused-ring (bicyclic) bond motifs is 2. The van der Waals surface area contributed by atoms with Gasteiger partial charge in [0.2, 0.25) is 5.91 Å². The van der Waals surface area contributed by atoms with E-state index in [9.17, 15) is 4.79 Å². The van der Waals surface area contributed by atoms with E-state index >= 15 is 0 Å². The lowest BCUT2D eigenvalue weighted by atomic mass is 9.88. The van der Waals surface area contributed by atoms with Crippen molar-refractivity contribution in [1.29, 1.82) is 0 Å². The van der Waals surface area contributed by atoms with Gasteiger partial charge < -0.3 is 14.7 Å². The number of furan rings is 1. The Bertz CT molecular complexity index is 1760. The Morgan fingerprint density at radius 1 is 0.947 bits per heavy atom. The summed E-state index contributed by atoms with van der Waals surface area (Å²) in [7, 11) is 0. The van der Waals surface area contributed by atoms with Crippen molar-refractivity contribution < 1.29 is 9.21 Å². The summed E-state index contributed by atoms with van der Waals surface area (Å²) in [6.07, 6.45) is 14.1. The number of hydrogen-bond acceptors (Lipinski definition) is 5. The largest absolute Gasteiger partial charge is 0.472 e. The minimum absolute atomic E-state index is 0.0861. The van der Waals surface area contributed by atoms with Crippen LogP contribution in [0.15, 0.2) is 78.0 Å². The molecular weight excluding hydrogens is 476 g/mol. The maximum atomic E-state index is 12.8. The molecule has 1 aromatic carbocycles. The molecule has 1 fully saturated rings. The van der Waals surface area contributed by atoms with Crippen LogP contribution in [0.4, 0.5) is 5.69 Å². The molecule has 1 saturated carbocycles. The second kappa shape index (κ2) is 9.30. The average Bonchev–Trinajstić information content (AvgIpc) is 3.73. The second-order valence-electron chi connectivity index (χ2n) is 9.94. The molecular formula is C30H26N6O2. The molecule has 8 heteroatoms. The molecule has 0 saturated heterocycles. The van der Waals surface area contributed by atoms with Crippen LogP contribution in [0.5, 0.6) is 0 Å². The van der Waals surface area contributed by atoms with Gasteiger partial charge in [-0.3, -0.25) is 14.9 Å². The predicted molar refractivity (Wildman–Crippen MR) is 147 cm³/mol. The fraction of sp³-hybridized carbons (Fsp3) is 0.200. The van der Waals surface area contributed by atoms with E-state index in [0.717, 1.165) is 75.6 Å². The molecule has 188 valence electrons. The van der Waals surface area contributed by atoms with Crippen molar-refractivity contribution in [3.05, 3.63) is 73.6 Å². The lowest BCUT2D eigenvalue weighted by Crippen LogP contribution is -2.24. The van der Waals surface area contributed by atoms with Crippen LogP contribution in [0.2, 0.25) is 0 Å². The first kappa shape index (κ1) is 22.5. The Labute approximate surface area is 218 Å². The zero-order chi connectivity index (χ0) is 25.5. The molecule has 1 amide bonds. The highest BCUT2D eigenvalue weighted by molar-refractivity contribution is 6.01. The Morgan fingerprint density at radius 3 is 2.71 bits per heavy atom. The molecule has 5 aromatic heterocycles. The van der Waals surface area contributed by atoms with E-state index < -0.39 is 0 Å². The molecule has 0 bridgehead atoms. The van der Waals surface area contributed by atoms with Crippen molar-refractivity contribution in [2.24, 2.45) is 5.92 Å². The number of benzene rings is 1. The molecule has 0 unspecified atom stereocenters. The van der Waals surface area contributed by atoms with Crippen molar-refractivity contribution in [1.82, 2.24) is 25.1 Å². The fourth-order valence-electron chi connectivity index (χ4n) is 5.50. The molecule has 0 spiro atoms. The van der Waals surface area contributed by atoms with Gasteiger partial charge in [0.05, 0.1) is 35.8 Å². The molecule has 1 aliphatic carbocycles. The van der Waals surface area contributed by atoms with E-state index in [2.05, 4.69) is 54.7 Å². The van der Waals surface area contributed by atoms with Gasteiger partial charge in [0.25, 0.3) is 0 Å². The number of nitrogens with one attached hydrogen (secondary N) is 3. The third-order valence-corrected chi connectivity index (χ3v) is 7.49. The van der Waals surface area contributed by atoms with Crippen molar-refractivity contribution >= 4 is 33.5 Å². The summed E-state index contributed by atoms with van der Waals surface area (Å²) < 4.78 is 5.31. The number of carbonyl (C=O) groups excluding carboxylic acids is 1. The number of nitrogens with zero attached hydrogens (tertiary/aromatic N) is 3. The van der Waals surface area contributed by atoms with Crippen LogP contribution in [0.3, 0.4) is 0 Å². The summed E-state index contributed by atoms with van der Waals surface area (Å²) in [5.74, 6) is 0.173. The summed E-state index contributed by atoms with van der Waals surface area (Å²) in [4.78, 5) is 25.3. The maximum Gasteiger partial charge on any atom is 0.227 e. The number of H-pyrrole nitrogens is 2. The molecule has 5 heterocycles. The fourth-order valence-corrected chi connectivity index (χ4v) is 5.50. The van der Waals surface area contributed by atoms with Crippen molar-refractivity contribution in [2.75, 3.05) is 5.32 Å². The highest BCUT2D eigenvalue weighted by Gasteiger charge is 2.21. The number of pyridine rings is 2. The van der Waals surface area contributed by atoms with E-state index in [4.69, 9.17) is 4.42 Å². The van der Waals surface area contributed by atoms with Gasteiger partial charge in [-0.25, -0.2) is 4.98 Å². The van der Waals surface area contributed by atoms with Crippen molar-refractivity contribution in [3.8, 4) is 33.6 Å². The van der Waals surface area contributed by atoms with Gasteiger partial charge in [0.1, 0.15) is 0 Å². The lowest BCUT2D eigenvalue weighted by Gasteiger charge is -2.20. The maximum absolute atomic E-state index is 12.8. The van der Waals surface area contributed by atoms with E-state index in [1.807, 2.05) is 18.2 Å².